The molecule has 54 valence electrons. The SMILES string of the molecule is C#CC1=CC(C)[P+](C)(O)O1. The van der Waals surface area contributed by atoms with Crippen molar-refractivity contribution in [3.8, 4) is 12.3 Å². The summed E-state index contributed by atoms with van der Waals surface area (Å²) >= 11 is 0. The lowest BCUT2D eigenvalue weighted by molar-refractivity contribution is 0.409. The first kappa shape index (κ1) is 7.60. The van der Waals surface area contributed by atoms with Gasteiger partial charge in [0.25, 0.3) is 0 Å². The second-order valence-electron chi connectivity index (χ2n) is 2.45. The molecule has 0 aromatic rings. The van der Waals surface area contributed by atoms with E-state index in [4.69, 9.17) is 10.9 Å². The van der Waals surface area contributed by atoms with E-state index in [0.29, 0.717) is 5.76 Å². The molecule has 1 aliphatic heterocycles. The molecule has 2 unspecified atom stereocenters. The topological polar surface area (TPSA) is 29.5 Å². The summed E-state index contributed by atoms with van der Waals surface area (Å²) in [5, 5.41) is 0. The molecule has 1 N–H and O–H groups in total. The van der Waals surface area contributed by atoms with Crippen molar-refractivity contribution in [3.05, 3.63) is 11.8 Å². The zero-order valence-corrected chi connectivity index (χ0v) is 6.93. The van der Waals surface area contributed by atoms with Crippen molar-refractivity contribution in [2.24, 2.45) is 0 Å². The van der Waals surface area contributed by atoms with Crippen molar-refractivity contribution in [2.75, 3.05) is 6.66 Å². The maximum atomic E-state index is 9.51. The van der Waals surface area contributed by atoms with E-state index in [0.717, 1.165) is 0 Å². The van der Waals surface area contributed by atoms with Crippen LogP contribution in [0.1, 0.15) is 6.92 Å². The number of hydrogen-bond donors (Lipinski definition) is 1. The molecule has 0 radical (unpaired) electrons. The van der Waals surface area contributed by atoms with Gasteiger partial charge in [-0.05, 0) is 12.8 Å². The van der Waals surface area contributed by atoms with Crippen LogP contribution in [-0.2, 0) is 4.52 Å². The van der Waals surface area contributed by atoms with Crippen molar-refractivity contribution in [2.45, 2.75) is 12.6 Å². The molecule has 0 saturated heterocycles. The molecule has 10 heavy (non-hydrogen) atoms. The van der Waals surface area contributed by atoms with Gasteiger partial charge in [-0.2, -0.15) is 0 Å². The molecule has 0 aromatic carbocycles. The maximum Gasteiger partial charge on any atom is 0.321 e. The number of allylic oxidation sites excluding steroid dienone is 2. The van der Waals surface area contributed by atoms with E-state index in [-0.39, 0.29) is 5.66 Å². The molecule has 1 aliphatic rings. The van der Waals surface area contributed by atoms with E-state index >= 15 is 0 Å². The Bertz CT molecular complexity index is 212. The first-order valence-electron chi connectivity index (χ1n) is 3.03. The summed E-state index contributed by atoms with van der Waals surface area (Å²) in [6.45, 7) is 3.61. The fourth-order valence-corrected chi connectivity index (χ4v) is 1.83. The van der Waals surface area contributed by atoms with Crippen LogP contribution < -0.4 is 0 Å². The Morgan fingerprint density at radius 3 is 2.70 bits per heavy atom. The molecule has 1 heterocycles. The zero-order valence-electron chi connectivity index (χ0n) is 6.03. The van der Waals surface area contributed by atoms with Gasteiger partial charge in [0.15, 0.2) is 5.66 Å². The lowest BCUT2D eigenvalue weighted by Crippen LogP contribution is -1.99. The smallest absolute Gasteiger partial charge is 0.311 e. The van der Waals surface area contributed by atoms with E-state index in [1.807, 2.05) is 6.92 Å². The molecule has 2 nitrogen and oxygen atoms in total. The second-order valence-corrected chi connectivity index (χ2v) is 5.33. The highest BCUT2D eigenvalue weighted by Crippen LogP contribution is 2.62. The normalized spacial score (nSPS) is 38.2. The fraction of sp³-hybridized carbons (Fsp3) is 0.429. The van der Waals surface area contributed by atoms with E-state index in [2.05, 4.69) is 5.92 Å². The Labute approximate surface area is 61.4 Å². The molecule has 0 bridgehead atoms. The fourth-order valence-electron chi connectivity index (χ4n) is 0.745. The predicted molar refractivity (Wildman–Crippen MR) is 42.5 cm³/mol. The van der Waals surface area contributed by atoms with Crippen molar-refractivity contribution in [1.29, 1.82) is 0 Å². The summed E-state index contributed by atoms with van der Waals surface area (Å²) in [7, 11) is -2.19. The minimum atomic E-state index is -2.19. The van der Waals surface area contributed by atoms with Crippen LogP contribution in [0, 0.1) is 12.3 Å². The quantitative estimate of drug-likeness (QED) is 0.425. The van der Waals surface area contributed by atoms with Gasteiger partial charge in [-0.1, -0.05) is 0 Å². The number of hydrogen-bond acceptors (Lipinski definition) is 2. The van der Waals surface area contributed by atoms with Crippen LogP contribution in [0.2, 0.25) is 0 Å². The van der Waals surface area contributed by atoms with Gasteiger partial charge < -0.3 is 4.52 Å². The molecule has 0 fully saturated rings. The largest absolute Gasteiger partial charge is 0.321 e. The van der Waals surface area contributed by atoms with Gasteiger partial charge in [-0.15, -0.1) is 6.42 Å². The average molecular weight is 157 g/mol. The van der Waals surface area contributed by atoms with Gasteiger partial charge in [0.05, 0.1) is 0 Å². The molecular formula is C7H10O2P+. The van der Waals surface area contributed by atoms with Crippen LogP contribution in [0.5, 0.6) is 0 Å². The Morgan fingerprint density at radius 1 is 1.90 bits per heavy atom. The Hall–Kier alpha value is -0.510. The molecule has 1 rings (SSSR count). The average Bonchev–Trinajstić information content (AvgIpc) is 2.08. The summed E-state index contributed by atoms with van der Waals surface area (Å²) in [6, 6.07) is 0. The first-order chi connectivity index (χ1) is 4.56. The van der Waals surface area contributed by atoms with E-state index in [1.54, 1.807) is 12.7 Å². The molecule has 0 aromatic heterocycles. The summed E-state index contributed by atoms with van der Waals surface area (Å²) in [6.07, 6.45) is 6.87. The minimum absolute atomic E-state index is 0.0820. The van der Waals surface area contributed by atoms with Gasteiger partial charge in [-0.25, -0.2) is 4.89 Å². The van der Waals surface area contributed by atoms with Gasteiger partial charge in [-0.3, -0.25) is 0 Å². The van der Waals surface area contributed by atoms with Crippen LogP contribution in [0.15, 0.2) is 11.8 Å². The monoisotopic (exact) mass is 157 g/mol. The maximum absolute atomic E-state index is 9.51. The van der Waals surface area contributed by atoms with Gasteiger partial charge in [0.1, 0.15) is 6.66 Å². The van der Waals surface area contributed by atoms with Gasteiger partial charge in [0.2, 0.25) is 5.76 Å². The Balaban J connectivity index is 2.78. The van der Waals surface area contributed by atoms with E-state index in [9.17, 15) is 4.89 Å². The second kappa shape index (κ2) is 2.27. The van der Waals surface area contributed by atoms with Gasteiger partial charge in [0, 0.05) is 6.08 Å². The molecule has 2 atom stereocenters. The minimum Gasteiger partial charge on any atom is -0.311 e. The number of terminal acetylenes is 1. The van der Waals surface area contributed by atoms with Crippen molar-refractivity contribution < 1.29 is 9.42 Å². The molecule has 0 aliphatic carbocycles. The lowest BCUT2D eigenvalue weighted by atomic mass is 10.4. The summed E-state index contributed by atoms with van der Waals surface area (Å²) in [5.74, 6) is 2.83. The molecule has 0 spiro atoms. The summed E-state index contributed by atoms with van der Waals surface area (Å²) in [5.41, 5.74) is 0.0820. The standard InChI is InChI=1S/C7H10O2P/c1-4-7-5-6(2)10(3,8)9-7/h1,5-6,8H,2-3H3/q+1. The molecule has 3 heteroatoms. The van der Waals surface area contributed by atoms with E-state index < -0.39 is 7.72 Å². The number of rotatable bonds is 0. The molecule has 0 amide bonds. The summed E-state index contributed by atoms with van der Waals surface area (Å²) < 4.78 is 5.10. The first-order valence-corrected chi connectivity index (χ1v) is 5.21. The third kappa shape index (κ3) is 1.16. The van der Waals surface area contributed by atoms with Crippen molar-refractivity contribution >= 4 is 7.72 Å². The molecule has 0 saturated carbocycles. The van der Waals surface area contributed by atoms with Gasteiger partial charge >= 0.3 is 7.72 Å². The third-order valence-corrected chi connectivity index (χ3v) is 3.80. The highest BCUT2D eigenvalue weighted by Gasteiger charge is 2.45. The van der Waals surface area contributed by atoms with Crippen LogP contribution in [0.4, 0.5) is 0 Å². The Morgan fingerprint density at radius 2 is 2.50 bits per heavy atom. The van der Waals surface area contributed by atoms with E-state index in [1.165, 1.54) is 0 Å². The van der Waals surface area contributed by atoms with Crippen LogP contribution in [0.3, 0.4) is 0 Å². The lowest BCUT2D eigenvalue weighted by Gasteiger charge is -2.09. The van der Waals surface area contributed by atoms with Crippen LogP contribution >= 0.6 is 7.72 Å². The van der Waals surface area contributed by atoms with Crippen molar-refractivity contribution in [3.63, 3.8) is 0 Å². The third-order valence-electron chi connectivity index (χ3n) is 1.57. The van der Waals surface area contributed by atoms with Crippen LogP contribution in [-0.4, -0.2) is 17.2 Å². The zero-order chi connectivity index (χ0) is 7.78. The highest BCUT2D eigenvalue weighted by molar-refractivity contribution is 7.66. The molecular weight excluding hydrogens is 147 g/mol. The summed E-state index contributed by atoms with van der Waals surface area (Å²) in [4.78, 5) is 9.51. The van der Waals surface area contributed by atoms with Crippen molar-refractivity contribution in [1.82, 2.24) is 0 Å². The van der Waals surface area contributed by atoms with Crippen LogP contribution in [0.25, 0.3) is 0 Å². The predicted octanol–water partition coefficient (Wildman–Crippen LogP) is 1.39. The highest BCUT2D eigenvalue weighted by atomic mass is 31.2. The Kier molecular flexibility index (Phi) is 1.72.